The van der Waals surface area contributed by atoms with E-state index in [1.807, 2.05) is 0 Å². The van der Waals surface area contributed by atoms with Gasteiger partial charge in [0.15, 0.2) is 0 Å². The van der Waals surface area contributed by atoms with E-state index in [-0.39, 0.29) is 17.4 Å². The van der Waals surface area contributed by atoms with Gasteiger partial charge in [-0.2, -0.15) is 0 Å². The lowest BCUT2D eigenvalue weighted by Gasteiger charge is -2.06. The highest BCUT2D eigenvalue weighted by Crippen LogP contribution is 2.13. The molecule has 0 atom stereocenters. The molecular formula is C15H17FN4O2. The number of benzene rings is 1. The SMILES string of the molecule is COCCCNC(=O)c1cnc(Nc2ccc(F)cc2)cn1. The molecule has 1 aromatic heterocycles. The number of nitrogens with one attached hydrogen (secondary N) is 2. The zero-order chi connectivity index (χ0) is 15.8. The van der Waals surface area contributed by atoms with Gasteiger partial charge in [-0.1, -0.05) is 0 Å². The fourth-order valence-corrected chi connectivity index (χ4v) is 1.70. The van der Waals surface area contributed by atoms with Crippen LogP contribution in [0.1, 0.15) is 16.9 Å². The molecule has 0 aliphatic carbocycles. The largest absolute Gasteiger partial charge is 0.385 e. The highest BCUT2D eigenvalue weighted by Gasteiger charge is 2.07. The Bertz CT molecular complexity index is 602. The van der Waals surface area contributed by atoms with Crippen LogP contribution in [-0.2, 0) is 4.74 Å². The molecule has 1 heterocycles. The van der Waals surface area contributed by atoms with Crippen molar-refractivity contribution in [3.8, 4) is 0 Å². The van der Waals surface area contributed by atoms with Crippen LogP contribution in [0.25, 0.3) is 0 Å². The van der Waals surface area contributed by atoms with Crippen LogP contribution in [0.15, 0.2) is 36.7 Å². The number of halogens is 1. The standard InChI is InChI=1S/C15H17FN4O2/c1-22-8-2-7-17-15(21)13-9-19-14(10-18-13)20-12-5-3-11(16)4-6-12/h3-6,9-10H,2,7-8H2,1H3,(H,17,21)(H,19,20). The maximum atomic E-state index is 12.8. The van der Waals surface area contributed by atoms with Gasteiger partial charge in [0.2, 0.25) is 0 Å². The molecule has 0 saturated carbocycles. The molecule has 0 aliphatic heterocycles. The second kappa shape index (κ2) is 8.04. The Morgan fingerprint density at radius 2 is 2.00 bits per heavy atom. The van der Waals surface area contributed by atoms with Crippen LogP contribution in [-0.4, -0.2) is 36.1 Å². The fraction of sp³-hybridized carbons (Fsp3) is 0.267. The Kier molecular flexibility index (Phi) is 5.79. The molecule has 1 aromatic carbocycles. The van der Waals surface area contributed by atoms with E-state index in [4.69, 9.17) is 4.74 Å². The topological polar surface area (TPSA) is 76.1 Å². The van der Waals surface area contributed by atoms with Crippen LogP contribution in [0.3, 0.4) is 0 Å². The molecule has 2 aromatic rings. The molecule has 2 N–H and O–H groups in total. The van der Waals surface area contributed by atoms with Crippen LogP contribution in [0.2, 0.25) is 0 Å². The number of ether oxygens (including phenoxy) is 1. The maximum Gasteiger partial charge on any atom is 0.271 e. The number of nitrogens with zero attached hydrogens (tertiary/aromatic N) is 2. The zero-order valence-corrected chi connectivity index (χ0v) is 12.2. The minimum atomic E-state index is -0.308. The van der Waals surface area contributed by atoms with Crippen LogP contribution in [0, 0.1) is 5.82 Å². The number of hydrogen-bond acceptors (Lipinski definition) is 5. The van der Waals surface area contributed by atoms with Gasteiger partial charge < -0.3 is 15.4 Å². The van der Waals surface area contributed by atoms with Crippen molar-refractivity contribution in [1.29, 1.82) is 0 Å². The number of methoxy groups -OCH3 is 1. The van der Waals surface area contributed by atoms with E-state index < -0.39 is 0 Å². The van der Waals surface area contributed by atoms with Gasteiger partial charge in [-0.15, -0.1) is 0 Å². The van der Waals surface area contributed by atoms with E-state index >= 15 is 0 Å². The van der Waals surface area contributed by atoms with Crippen LogP contribution in [0.4, 0.5) is 15.9 Å². The van der Waals surface area contributed by atoms with Crippen molar-refractivity contribution < 1.29 is 13.9 Å². The smallest absolute Gasteiger partial charge is 0.271 e. The summed E-state index contributed by atoms with van der Waals surface area (Å²) in [7, 11) is 1.61. The Balaban J connectivity index is 1.89. The average Bonchev–Trinajstić information content (AvgIpc) is 2.54. The lowest BCUT2D eigenvalue weighted by molar-refractivity contribution is 0.0943. The van der Waals surface area contributed by atoms with Crippen molar-refractivity contribution in [2.45, 2.75) is 6.42 Å². The normalized spacial score (nSPS) is 10.3. The number of carbonyl (C=O) groups is 1. The molecule has 0 fully saturated rings. The highest BCUT2D eigenvalue weighted by molar-refractivity contribution is 5.92. The first-order chi connectivity index (χ1) is 10.7. The van der Waals surface area contributed by atoms with Gasteiger partial charge in [0.1, 0.15) is 17.3 Å². The number of aromatic nitrogens is 2. The Labute approximate surface area is 127 Å². The van der Waals surface area contributed by atoms with Gasteiger partial charge in [-0.05, 0) is 30.7 Å². The highest BCUT2D eigenvalue weighted by atomic mass is 19.1. The third-order valence-electron chi connectivity index (χ3n) is 2.81. The summed E-state index contributed by atoms with van der Waals surface area (Å²) in [6, 6.07) is 5.87. The average molecular weight is 304 g/mol. The number of rotatable bonds is 7. The monoisotopic (exact) mass is 304 g/mol. The molecular weight excluding hydrogens is 287 g/mol. The Morgan fingerprint density at radius 3 is 2.64 bits per heavy atom. The van der Waals surface area contributed by atoms with Crippen molar-refractivity contribution in [3.05, 3.63) is 48.2 Å². The van der Waals surface area contributed by atoms with E-state index in [0.29, 0.717) is 24.7 Å². The van der Waals surface area contributed by atoms with E-state index in [2.05, 4.69) is 20.6 Å². The molecule has 0 aliphatic rings. The predicted molar refractivity (Wildman–Crippen MR) is 80.5 cm³/mol. The minimum Gasteiger partial charge on any atom is -0.385 e. The molecule has 0 bridgehead atoms. The zero-order valence-electron chi connectivity index (χ0n) is 12.2. The summed E-state index contributed by atoms with van der Waals surface area (Å²) in [4.78, 5) is 20.0. The van der Waals surface area contributed by atoms with Gasteiger partial charge in [0.25, 0.3) is 5.91 Å². The van der Waals surface area contributed by atoms with Gasteiger partial charge in [-0.3, -0.25) is 4.79 Å². The summed E-state index contributed by atoms with van der Waals surface area (Å²) in [6.45, 7) is 1.11. The van der Waals surface area contributed by atoms with Gasteiger partial charge >= 0.3 is 0 Å². The van der Waals surface area contributed by atoms with Gasteiger partial charge in [-0.25, -0.2) is 14.4 Å². The molecule has 0 spiro atoms. The Hall–Kier alpha value is -2.54. The lowest BCUT2D eigenvalue weighted by atomic mass is 10.3. The summed E-state index contributed by atoms with van der Waals surface area (Å²) in [5, 5.41) is 5.69. The second-order valence-corrected chi connectivity index (χ2v) is 4.52. The summed E-state index contributed by atoms with van der Waals surface area (Å²) in [5.41, 5.74) is 0.926. The summed E-state index contributed by atoms with van der Waals surface area (Å²) < 4.78 is 17.7. The summed E-state index contributed by atoms with van der Waals surface area (Å²) >= 11 is 0. The molecule has 6 nitrogen and oxygen atoms in total. The molecule has 0 radical (unpaired) electrons. The third kappa shape index (κ3) is 4.78. The van der Waals surface area contributed by atoms with Crippen molar-refractivity contribution in [3.63, 3.8) is 0 Å². The first kappa shape index (κ1) is 15.8. The molecule has 116 valence electrons. The van der Waals surface area contributed by atoms with Crippen molar-refractivity contribution >= 4 is 17.4 Å². The summed E-state index contributed by atoms with van der Waals surface area (Å²) in [5.74, 6) is -0.114. The maximum absolute atomic E-state index is 12.8. The second-order valence-electron chi connectivity index (χ2n) is 4.52. The molecule has 1 amide bonds. The molecule has 0 unspecified atom stereocenters. The number of hydrogen-bond donors (Lipinski definition) is 2. The minimum absolute atomic E-state index is 0.238. The van der Waals surface area contributed by atoms with Crippen molar-refractivity contribution in [2.24, 2.45) is 0 Å². The van der Waals surface area contributed by atoms with E-state index in [1.54, 1.807) is 19.2 Å². The van der Waals surface area contributed by atoms with Gasteiger partial charge in [0.05, 0.1) is 12.4 Å². The first-order valence-electron chi connectivity index (χ1n) is 6.81. The number of amides is 1. The Morgan fingerprint density at radius 1 is 1.23 bits per heavy atom. The van der Waals surface area contributed by atoms with Crippen LogP contribution in [0.5, 0.6) is 0 Å². The lowest BCUT2D eigenvalue weighted by Crippen LogP contribution is -2.26. The first-order valence-corrected chi connectivity index (χ1v) is 6.81. The number of anilines is 2. The molecule has 22 heavy (non-hydrogen) atoms. The van der Waals surface area contributed by atoms with Crippen molar-refractivity contribution in [2.75, 3.05) is 25.6 Å². The van der Waals surface area contributed by atoms with Crippen molar-refractivity contribution in [1.82, 2.24) is 15.3 Å². The van der Waals surface area contributed by atoms with E-state index in [1.165, 1.54) is 24.5 Å². The van der Waals surface area contributed by atoms with E-state index in [0.717, 1.165) is 6.42 Å². The van der Waals surface area contributed by atoms with Crippen LogP contribution >= 0.6 is 0 Å². The molecule has 7 heteroatoms. The third-order valence-corrected chi connectivity index (χ3v) is 2.81. The predicted octanol–water partition coefficient (Wildman–Crippen LogP) is 2.13. The van der Waals surface area contributed by atoms with E-state index in [9.17, 15) is 9.18 Å². The quantitative estimate of drug-likeness (QED) is 0.766. The number of carbonyl (C=O) groups excluding carboxylic acids is 1. The summed E-state index contributed by atoms with van der Waals surface area (Å²) in [6.07, 6.45) is 3.57. The fourth-order valence-electron chi connectivity index (χ4n) is 1.70. The molecule has 0 saturated heterocycles. The van der Waals surface area contributed by atoms with Gasteiger partial charge in [0, 0.05) is 25.9 Å². The molecule has 2 rings (SSSR count). The van der Waals surface area contributed by atoms with Crippen LogP contribution < -0.4 is 10.6 Å².